The largest absolute Gasteiger partial charge is 0.376 e. The van der Waals surface area contributed by atoms with Gasteiger partial charge in [-0.05, 0) is 36.8 Å². The van der Waals surface area contributed by atoms with E-state index < -0.39 is 0 Å². The zero-order valence-corrected chi connectivity index (χ0v) is 11.2. The highest BCUT2D eigenvalue weighted by Crippen LogP contribution is 2.26. The summed E-state index contributed by atoms with van der Waals surface area (Å²) in [7, 11) is 0. The van der Waals surface area contributed by atoms with Crippen molar-refractivity contribution >= 4 is 0 Å². The van der Waals surface area contributed by atoms with E-state index in [2.05, 4.69) is 36.6 Å². The van der Waals surface area contributed by atoms with Crippen LogP contribution in [0.2, 0.25) is 0 Å². The van der Waals surface area contributed by atoms with Gasteiger partial charge in [-0.2, -0.15) is 0 Å². The lowest BCUT2D eigenvalue weighted by atomic mass is 9.94. The molecule has 1 aliphatic heterocycles. The highest BCUT2D eigenvalue weighted by atomic mass is 16.5. The van der Waals surface area contributed by atoms with Gasteiger partial charge in [-0.1, -0.05) is 37.6 Å². The maximum absolute atomic E-state index is 5.84. The van der Waals surface area contributed by atoms with Crippen molar-refractivity contribution in [2.75, 3.05) is 6.61 Å². The number of nitrogens with two attached hydrogens (primary N) is 1. The molecule has 1 heterocycles. The lowest BCUT2D eigenvalue weighted by Gasteiger charge is -2.30. The predicted octanol–water partition coefficient (Wildman–Crippen LogP) is 2.71. The molecule has 0 bridgehead atoms. The molecule has 100 valence electrons. The topological polar surface area (TPSA) is 47.3 Å². The molecule has 3 nitrogen and oxygen atoms in total. The first kappa shape index (κ1) is 13.5. The van der Waals surface area contributed by atoms with Crippen LogP contribution < -0.4 is 11.3 Å². The average Bonchev–Trinajstić information content (AvgIpc) is 2.42. The van der Waals surface area contributed by atoms with Crippen LogP contribution in [0.25, 0.3) is 0 Å². The van der Waals surface area contributed by atoms with E-state index in [0.717, 1.165) is 19.4 Å². The van der Waals surface area contributed by atoms with E-state index >= 15 is 0 Å². The van der Waals surface area contributed by atoms with Crippen molar-refractivity contribution in [2.24, 2.45) is 5.84 Å². The molecule has 18 heavy (non-hydrogen) atoms. The summed E-state index contributed by atoms with van der Waals surface area (Å²) in [6, 6.07) is 8.81. The van der Waals surface area contributed by atoms with Crippen LogP contribution >= 0.6 is 0 Å². The number of rotatable bonds is 5. The second-order valence-electron chi connectivity index (χ2n) is 5.04. The fourth-order valence-electron chi connectivity index (χ4n) is 2.68. The number of hydrogen-bond donors (Lipinski definition) is 2. The van der Waals surface area contributed by atoms with E-state index in [9.17, 15) is 0 Å². The van der Waals surface area contributed by atoms with Gasteiger partial charge >= 0.3 is 0 Å². The average molecular weight is 248 g/mol. The van der Waals surface area contributed by atoms with Gasteiger partial charge in [-0.3, -0.25) is 11.3 Å². The number of nitrogens with one attached hydrogen (secondary N) is 1. The molecule has 1 aromatic rings. The van der Waals surface area contributed by atoms with E-state index in [-0.39, 0.29) is 12.1 Å². The fraction of sp³-hybridized carbons (Fsp3) is 0.600. The summed E-state index contributed by atoms with van der Waals surface area (Å²) < 4.78 is 5.84. The quantitative estimate of drug-likeness (QED) is 0.622. The highest BCUT2D eigenvalue weighted by Gasteiger charge is 2.25. The molecule has 1 aromatic carbocycles. The first-order chi connectivity index (χ1) is 8.85. The summed E-state index contributed by atoms with van der Waals surface area (Å²) >= 11 is 0. The predicted molar refractivity (Wildman–Crippen MR) is 74.1 cm³/mol. The van der Waals surface area contributed by atoms with E-state index in [1.807, 2.05) is 0 Å². The molecule has 3 N–H and O–H groups in total. The van der Waals surface area contributed by atoms with Crippen LogP contribution in [-0.2, 0) is 11.2 Å². The Balaban J connectivity index is 2.12. The van der Waals surface area contributed by atoms with Crippen LogP contribution in [0.1, 0.15) is 49.8 Å². The summed E-state index contributed by atoms with van der Waals surface area (Å²) in [5.41, 5.74) is 5.56. The molecule has 2 unspecified atom stereocenters. The second kappa shape index (κ2) is 6.88. The molecule has 2 rings (SSSR count). The second-order valence-corrected chi connectivity index (χ2v) is 5.04. The highest BCUT2D eigenvalue weighted by molar-refractivity contribution is 5.27. The zero-order valence-electron chi connectivity index (χ0n) is 11.2. The van der Waals surface area contributed by atoms with Gasteiger partial charge in [0.1, 0.15) is 0 Å². The molecule has 0 saturated carbocycles. The Morgan fingerprint density at radius 3 is 3.00 bits per heavy atom. The number of ether oxygens (including phenoxy) is 1. The molecular formula is C15H24N2O. The summed E-state index contributed by atoms with van der Waals surface area (Å²) in [4.78, 5) is 0. The third-order valence-corrected chi connectivity index (χ3v) is 3.62. The Morgan fingerprint density at radius 1 is 1.44 bits per heavy atom. The van der Waals surface area contributed by atoms with Gasteiger partial charge < -0.3 is 4.74 Å². The van der Waals surface area contributed by atoms with E-state index in [4.69, 9.17) is 10.6 Å². The molecule has 0 amide bonds. The minimum absolute atomic E-state index is 0.113. The van der Waals surface area contributed by atoms with Crippen LogP contribution in [0, 0.1) is 0 Å². The van der Waals surface area contributed by atoms with Crippen molar-refractivity contribution in [1.82, 2.24) is 5.43 Å². The minimum Gasteiger partial charge on any atom is -0.376 e. The summed E-state index contributed by atoms with van der Waals surface area (Å²) in [6.07, 6.45) is 6.00. The van der Waals surface area contributed by atoms with Crippen molar-refractivity contribution in [1.29, 1.82) is 0 Å². The molecular weight excluding hydrogens is 224 g/mol. The maximum atomic E-state index is 5.84. The summed E-state index contributed by atoms with van der Waals surface area (Å²) in [5, 5.41) is 0. The Morgan fingerprint density at radius 2 is 2.33 bits per heavy atom. The Labute approximate surface area is 110 Å². The van der Waals surface area contributed by atoms with Gasteiger partial charge in [0.05, 0.1) is 12.1 Å². The first-order valence-electron chi connectivity index (χ1n) is 7.01. The smallest absolute Gasteiger partial charge is 0.0782 e. The van der Waals surface area contributed by atoms with Gasteiger partial charge in [0.15, 0.2) is 0 Å². The van der Waals surface area contributed by atoms with Crippen molar-refractivity contribution in [3.8, 4) is 0 Å². The van der Waals surface area contributed by atoms with Gasteiger partial charge in [0.25, 0.3) is 0 Å². The standard InChI is InChI=1S/C15H24N2O/c1-2-6-12-7-5-8-13(11-12)15(17-16)14-9-3-4-10-18-14/h5,7-8,11,14-15,17H,2-4,6,9-10,16H2,1H3. The lowest BCUT2D eigenvalue weighted by molar-refractivity contribution is -0.00823. The third kappa shape index (κ3) is 3.31. The van der Waals surface area contributed by atoms with E-state index in [1.165, 1.54) is 30.4 Å². The van der Waals surface area contributed by atoms with Gasteiger partial charge in [0, 0.05) is 6.61 Å². The van der Waals surface area contributed by atoms with Crippen LogP contribution in [0.5, 0.6) is 0 Å². The zero-order chi connectivity index (χ0) is 12.8. The van der Waals surface area contributed by atoms with Crippen molar-refractivity contribution in [3.05, 3.63) is 35.4 Å². The molecule has 1 aliphatic rings. The number of benzene rings is 1. The SMILES string of the molecule is CCCc1cccc(C(NN)C2CCCCO2)c1. The number of hydrogen-bond acceptors (Lipinski definition) is 3. The van der Waals surface area contributed by atoms with Crippen molar-refractivity contribution in [3.63, 3.8) is 0 Å². The van der Waals surface area contributed by atoms with Crippen LogP contribution in [0.15, 0.2) is 24.3 Å². The van der Waals surface area contributed by atoms with E-state index in [0.29, 0.717) is 0 Å². The van der Waals surface area contributed by atoms with Gasteiger partial charge in [0.2, 0.25) is 0 Å². The molecule has 1 fully saturated rings. The Kier molecular flexibility index (Phi) is 5.17. The minimum atomic E-state index is 0.113. The van der Waals surface area contributed by atoms with Crippen molar-refractivity contribution < 1.29 is 4.74 Å². The molecule has 0 radical (unpaired) electrons. The molecule has 2 atom stereocenters. The Hall–Kier alpha value is -0.900. The van der Waals surface area contributed by atoms with Crippen molar-refractivity contribution in [2.45, 2.75) is 51.2 Å². The molecule has 0 spiro atoms. The third-order valence-electron chi connectivity index (χ3n) is 3.62. The van der Waals surface area contributed by atoms with Gasteiger partial charge in [-0.25, -0.2) is 0 Å². The normalized spacial score (nSPS) is 21.8. The van der Waals surface area contributed by atoms with Gasteiger partial charge in [-0.15, -0.1) is 0 Å². The molecule has 3 heteroatoms. The lowest BCUT2D eigenvalue weighted by Crippen LogP contribution is -2.39. The molecule has 0 aliphatic carbocycles. The fourth-order valence-corrected chi connectivity index (χ4v) is 2.68. The van der Waals surface area contributed by atoms with E-state index in [1.54, 1.807) is 0 Å². The number of hydrazine groups is 1. The monoisotopic (exact) mass is 248 g/mol. The van der Waals surface area contributed by atoms with Crippen LogP contribution in [0.4, 0.5) is 0 Å². The summed E-state index contributed by atoms with van der Waals surface area (Å²) in [5.74, 6) is 5.73. The molecule has 0 aromatic heterocycles. The maximum Gasteiger partial charge on any atom is 0.0782 e. The van der Waals surface area contributed by atoms with Crippen LogP contribution in [-0.4, -0.2) is 12.7 Å². The molecule has 1 saturated heterocycles. The van der Waals surface area contributed by atoms with Crippen LogP contribution in [0.3, 0.4) is 0 Å². The number of aryl methyl sites for hydroxylation is 1. The summed E-state index contributed by atoms with van der Waals surface area (Å²) in [6.45, 7) is 3.06. The first-order valence-corrected chi connectivity index (χ1v) is 7.01. The Bertz CT molecular complexity index is 361.